The van der Waals surface area contributed by atoms with Crippen molar-refractivity contribution in [1.29, 1.82) is 0 Å². The Labute approximate surface area is 103 Å². The Morgan fingerprint density at radius 1 is 1.28 bits per heavy atom. The zero-order valence-electron chi connectivity index (χ0n) is 10.0. The van der Waals surface area contributed by atoms with E-state index in [4.69, 9.17) is 0 Å². The summed E-state index contributed by atoms with van der Waals surface area (Å²) in [5.41, 5.74) is 0.834. The van der Waals surface area contributed by atoms with Crippen LogP contribution in [0.1, 0.15) is 19.4 Å². The first-order valence-corrected chi connectivity index (χ1v) is 5.19. The predicted molar refractivity (Wildman–Crippen MR) is 64.9 cm³/mol. The Morgan fingerprint density at radius 3 is 2.44 bits per heavy atom. The summed E-state index contributed by atoms with van der Waals surface area (Å²) in [6.07, 6.45) is 0. The molecule has 1 rings (SSSR count). The van der Waals surface area contributed by atoms with Gasteiger partial charge in [0, 0.05) is 43.8 Å². The molecule has 7 heteroatoms. The fourth-order valence-corrected chi connectivity index (χ4v) is 1.37. The second-order valence-electron chi connectivity index (χ2n) is 3.69. The number of carbonyl (C=O) groups is 2. The van der Waals surface area contributed by atoms with E-state index in [1.807, 2.05) is 0 Å². The van der Waals surface area contributed by atoms with Crippen LogP contribution in [0.2, 0.25) is 0 Å². The predicted octanol–water partition coefficient (Wildman–Crippen LogP) is 1.19. The van der Waals surface area contributed by atoms with Gasteiger partial charge in [-0.15, -0.1) is 0 Å². The van der Waals surface area contributed by atoms with Crippen LogP contribution in [0.25, 0.3) is 0 Å². The lowest BCUT2D eigenvalue weighted by molar-refractivity contribution is -0.384. The fraction of sp³-hybridized carbons (Fsp3) is 0.273. The Morgan fingerprint density at radius 2 is 1.94 bits per heavy atom. The van der Waals surface area contributed by atoms with Crippen LogP contribution in [0.4, 0.5) is 11.4 Å². The second-order valence-corrected chi connectivity index (χ2v) is 3.69. The van der Waals surface area contributed by atoms with Crippen molar-refractivity contribution in [2.24, 2.45) is 0 Å². The van der Waals surface area contributed by atoms with Gasteiger partial charge < -0.3 is 10.6 Å². The van der Waals surface area contributed by atoms with Crippen molar-refractivity contribution in [3.63, 3.8) is 0 Å². The summed E-state index contributed by atoms with van der Waals surface area (Å²) in [4.78, 5) is 31.9. The van der Waals surface area contributed by atoms with Crippen LogP contribution in [0.5, 0.6) is 0 Å². The van der Waals surface area contributed by atoms with E-state index in [9.17, 15) is 19.7 Å². The Bertz CT molecular complexity index is 499. The summed E-state index contributed by atoms with van der Waals surface area (Å²) in [6.45, 7) is 2.80. The molecule has 0 unspecified atom stereocenters. The van der Waals surface area contributed by atoms with Gasteiger partial charge in [0.15, 0.2) is 0 Å². The minimum atomic E-state index is -0.533. The van der Waals surface area contributed by atoms with Gasteiger partial charge in [-0.25, -0.2) is 0 Å². The SMILES string of the molecule is CC(=O)NCc1cc([N+](=O)[O-])ccc1NC(C)=O. The lowest BCUT2D eigenvalue weighted by Crippen LogP contribution is -2.20. The van der Waals surface area contributed by atoms with Gasteiger partial charge in [0.1, 0.15) is 0 Å². The van der Waals surface area contributed by atoms with E-state index in [1.54, 1.807) is 0 Å². The number of anilines is 1. The number of rotatable bonds is 4. The molecule has 1 aromatic rings. The van der Waals surface area contributed by atoms with Crippen LogP contribution < -0.4 is 10.6 Å². The van der Waals surface area contributed by atoms with E-state index in [0.717, 1.165) is 0 Å². The molecule has 2 amide bonds. The molecule has 0 bridgehead atoms. The molecule has 2 N–H and O–H groups in total. The molecule has 0 aromatic heterocycles. The molecule has 0 heterocycles. The van der Waals surface area contributed by atoms with Crippen molar-refractivity contribution in [2.75, 3.05) is 5.32 Å². The van der Waals surface area contributed by atoms with Gasteiger partial charge in [-0.1, -0.05) is 0 Å². The topological polar surface area (TPSA) is 101 Å². The number of carbonyl (C=O) groups excluding carboxylic acids is 2. The van der Waals surface area contributed by atoms with Crippen molar-refractivity contribution >= 4 is 23.2 Å². The summed E-state index contributed by atoms with van der Waals surface area (Å²) in [6, 6.07) is 4.06. The third kappa shape index (κ3) is 3.85. The fourth-order valence-electron chi connectivity index (χ4n) is 1.37. The highest BCUT2D eigenvalue weighted by atomic mass is 16.6. The van der Waals surface area contributed by atoms with Crippen molar-refractivity contribution in [3.05, 3.63) is 33.9 Å². The molecule has 0 fully saturated rings. The summed E-state index contributed by atoms with van der Waals surface area (Å²) >= 11 is 0. The molecule has 0 aliphatic rings. The number of nitrogens with zero attached hydrogens (tertiary/aromatic N) is 1. The maximum Gasteiger partial charge on any atom is 0.269 e. The smallest absolute Gasteiger partial charge is 0.269 e. The molecule has 7 nitrogen and oxygen atoms in total. The number of amides is 2. The number of hydrogen-bond acceptors (Lipinski definition) is 4. The van der Waals surface area contributed by atoms with Gasteiger partial charge >= 0.3 is 0 Å². The van der Waals surface area contributed by atoms with Crippen LogP contribution in [0, 0.1) is 10.1 Å². The van der Waals surface area contributed by atoms with Gasteiger partial charge in [0.25, 0.3) is 5.69 Å². The number of hydrogen-bond donors (Lipinski definition) is 2. The molecular weight excluding hydrogens is 238 g/mol. The third-order valence-electron chi connectivity index (χ3n) is 2.14. The van der Waals surface area contributed by atoms with E-state index in [0.29, 0.717) is 11.3 Å². The van der Waals surface area contributed by atoms with Crippen LogP contribution in [-0.2, 0) is 16.1 Å². The molecule has 1 aromatic carbocycles. The van der Waals surface area contributed by atoms with Crippen molar-refractivity contribution in [1.82, 2.24) is 5.32 Å². The average molecular weight is 251 g/mol. The maximum atomic E-state index is 11.0. The summed E-state index contributed by atoms with van der Waals surface area (Å²) < 4.78 is 0. The highest BCUT2D eigenvalue weighted by molar-refractivity contribution is 5.89. The van der Waals surface area contributed by atoms with Crippen LogP contribution in [0.3, 0.4) is 0 Å². The largest absolute Gasteiger partial charge is 0.352 e. The Balaban J connectivity index is 3.04. The molecule has 0 saturated carbocycles. The van der Waals surface area contributed by atoms with Gasteiger partial charge in [0.05, 0.1) is 4.92 Å². The number of nitro groups is 1. The molecule has 96 valence electrons. The van der Waals surface area contributed by atoms with Crippen LogP contribution >= 0.6 is 0 Å². The second kappa shape index (κ2) is 5.76. The Hall–Kier alpha value is -2.44. The molecule has 0 aliphatic carbocycles. The zero-order valence-corrected chi connectivity index (χ0v) is 10.0. The van der Waals surface area contributed by atoms with Crippen molar-refractivity contribution in [3.8, 4) is 0 Å². The lowest BCUT2D eigenvalue weighted by Gasteiger charge is -2.10. The molecule has 18 heavy (non-hydrogen) atoms. The average Bonchev–Trinajstić information content (AvgIpc) is 2.26. The summed E-state index contributed by atoms with van der Waals surface area (Å²) in [5, 5.41) is 15.7. The summed E-state index contributed by atoms with van der Waals surface area (Å²) in [5.74, 6) is -0.539. The maximum absolute atomic E-state index is 11.0. The first kappa shape index (κ1) is 13.6. The van der Waals surface area contributed by atoms with Crippen LogP contribution in [-0.4, -0.2) is 16.7 Å². The monoisotopic (exact) mass is 251 g/mol. The number of benzene rings is 1. The standard InChI is InChI=1S/C11H13N3O4/c1-7(15)12-6-9-5-10(14(17)18)3-4-11(9)13-8(2)16/h3-5H,6H2,1-2H3,(H,12,15)(H,13,16). The van der Waals surface area contributed by atoms with E-state index >= 15 is 0 Å². The van der Waals surface area contributed by atoms with Crippen LogP contribution in [0.15, 0.2) is 18.2 Å². The van der Waals surface area contributed by atoms with Crippen molar-refractivity contribution < 1.29 is 14.5 Å². The number of nitro benzene ring substituents is 1. The normalized spacial score (nSPS) is 9.67. The highest BCUT2D eigenvalue weighted by Crippen LogP contribution is 2.22. The van der Waals surface area contributed by atoms with Gasteiger partial charge in [-0.05, 0) is 6.07 Å². The molecule has 0 atom stereocenters. The van der Waals surface area contributed by atoms with E-state index in [-0.39, 0.29) is 24.0 Å². The molecule has 0 radical (unpaired) electrons. The van der Waals surface area contributed by atoms with Gasteiger partial charge in [-0.3, -0.25) is 19.7 Å². The number of non-ortho nitro benzene ring substituents is 1. The minimum absolute atomic E-state index is 0.0931. The molecule has 0 aliphatic heterocycles. The molecule has 0 saturated heterocycles. The van der Waals surface area contributed by atoms with Gasteiger partial charge in [-0.2, -0.15) is 0 Å². The lowest BCUT2D eigenvalue weighted by atomic mass is 10.1. The van der Waals surface area contributed by atoms with Gasteiger partial charge in [0.2, 0.25) is 11.8 Å². The Kier molecular flexibility index (Phi) is 4.36. The van der Waals surface area contributed by atoms with E-state index in [2.05, 4.69) is 10.6 Å². The third-order valence-corrected chi connectivity index (χ3v) is 2.14. The van der Waals surface area contributed by atoms with Crippen molar-refractivity contribution in [2.45, 2.75) is 20.4 Å². The first-order chi connectivity index (χ1) is 8.40. The zero-order chi connectivity index (χ0) is 13.7. The first-order valence-electron chi connectivity index (χ1n) is 5.19. The quantitative estimate of drug-likeness (QED) is 0.619. The molecule has 0 spiro atoms. The highest BCUT2D eigenvalue weighted by Gasteiger charge is 2.11. The summed E-state index contributed by atoms with van der Waals surface area (Å²) in [7, 11) is 0. The molecular formula is C11H13N3O4. The minimum Gasteiger partial charge on any atom is -0.352 e. The van der Waals surface area contributed by atoms with E-state index < -0.39 is 4.92 Å². The number of nitrogens with one attached hydrogen (secondary N) is 2. The van der Waals surface area contributed by atoms with E-state index in [1.165, 1.54) is 32.0 Å².